The first-order valence-corrected chi connectivity index (χ1v) is 5.21. The van der Waals surface area contributed by atoms with Crippen molar-refractivity contribution >= 4 is 12.6 Å². The molecule has 1 heteroatoms. The third kappa shape index (κ3) is 1.51. The van der Waals surface area contributed by atoms with Crippen LogP contribution in [0.15, 0.2) is 24.3 Å². The molecule has 0 aromatic heterocycles. The minimum Gasteiger partial charge on any atom is -0.179 e. The predicted octanol–water partition coefficient (Wildman–Crippen LogP) is 2.72. The highest BCUT2D eigenvalue weighted by Crippen LogP contribution is 2.25. The maximum absolute atomic E-state index is 4.36. The van der Waals surface area contributed by atoms with Crippen LogP contribution in [0.3, 0.4) is 0 Å². The van der Waals surface area contributed by atoms with E-state index in [9.17, 15) is 0 Å². The smallest absolute Gasteiger partial charge is 0.00662 e. The van der Waals surface area contributed by atoms with E-state index in [0.717, 1.165) is 11.7 Å². The van der Waals surface area contributed by atoms with Gasteiger partial charge in [0.05, 0.1) is 0 Å². The normalized spacial score (nSPS) is 21.9. The van der Waals surface area contributed by atoms with Gasteiger partial charge in [0.15, 0.2) is 0 Å². The number of hydrogen-bond acceptors (Lipinski definition) is 1. The van der Waals surface area contributed by atoms with E-state index in [0.29, 0.717) is 0 Å². The second kappa shape index (κ2) is 3.53. The van der Waals surface area contributed by atoms with Crippen LogP contribution in [0.1, 0.15) is 17.5 Å². The lowest BCUT2D eigenvalue weighted by atomic mass is 9.85. The topological polar surface area (TPSA) is 0 Å². The number of aryl methyl sites for hydroxylation is 1. The summed E-state index contributed by atoms with van der Waals surface area (Å²) in [6.07, 6.45) is 3.81. The molecule has 0 amide bonds. The van der Waals surface area contributed by atoms with Gasteiger partial charge in [0.2, 0.25) is 0 Å². The number of hydrogen-bond donors (Lipinski definition) is 1. The molecule has 1 aromatic carbocycles. The van der Waals surface area contributed by atoms with Gasteiger partial charge < -0.3 is 0 Å². The fraction of sp³-hybridized carbons (Fsp3) is 0.455. The average Bonchev–Trinajstić information content (AvgIpc) is 2.17. The molecule has 1 aliphatic carbocycles. The summed E-state index contributed by atoms with van der Waals surface area (Å²) in [7, 11) is 0. The number of rotatable bonds is 1. The lowest BCUT2D eigenvalue weighted by Gasteiger charge is -2.22. The third-order valence-corrected chi connectivity index (χ3v) is 3.22. The maximum Gasteiger partial charge on any atom is -0.00662 e. The molecular formula is C11H14S. The van der Waals surface area contributed by atoms with Gasteiger partial charge in [-0.15, -0.1) is 0 Å². The van der Waals surface area contributed by atoms with E-state index in [2.05, 4.69) is 36.9 Å². The highest BCUT2D eigenvalue weighted by atomic mass is 32.1. The zero-order valence-electron chi connectivity index (χ0n) is 7.16. The van der Waals surface area contributed by atoms with Gasteiger partial charge in [-0.05, 0) is 42.1 Å². The van der Waals surface area contributed by atoms with Gasteiger partial charge in [-0.2, -0.15) is 12.6 Å². The van der Waals surface area contributed by atoms with Crippen molar-refractivity contribution in [3.63, 3.8) is 0 Å². The highest BCUT2D eigenvalue weighted by Gasteiger charge is 2.16. The standard InChI is InChI=1S/C11H14S/c12-8-9-5-6-10-3-1-2-4-11(10)7-9/h1-4,9,12H,5-8H2/t9-/m1/s1. The molecule has 0 nitrogen and oxygen atoms in total. The third-order valence-electron chi connectivity index (χ3n) is 2.71. The Morgan fingerprint density at radius 2 is 2.00 bits per heavy atom. The van der Waals surface area contributed by atoms with E-state index in [1.165, 1.54) is 19.3 Å². The van der Waals surface area contributed by atoms with E-state index in [-0.39, 0.29) is 0 Å². The summed E-state index contributed by atoms with van der Waals surface area (Å²) in [5.41, 5.74) is 3.10. The first kappa shape index (κ1) is 8.18. The van der Waals surface area contributed by atoms with Gasteiger partial charge in [-0.1, -0.05) is 24.3 Å². The molecule has 0 fully saturated rings. The second-order valence-corrected chi connectivity index (χ2v) is 3.93. The van der Waals surface area contributed by atoms with Crippen molar-refractivity contribution in [2.75, 3.05) is 5.75 Å². The molecule has 0 spiro atoms. The van der Waals surface area contributed by atoms with Crippen molar-refractivity contribution in [1.29, 1.82) is 0 Å². The Kier molecular flexibility index (Phi) is 2.40. The molecule has 0 saturated heterocycles. The van der Waals surface area contributed by atoms with Crippen molar-refractivity contribution < 1.29 is 0 Å². The molecular weight excluding hydrogens is 164 g/mol. The van der Waals surface area contributed by atoms with Gasteiger partial charge >= 0.3 is 0 Å². The van der Waals surface area contributed by atoms with Crippen LogP contribution in [0.25, 0.3) is 0 Å². The van der Waals surface area contributed by atoms with E-state index < -0.39 is 0 Å². The van der Waals surface area contributed by atoms with Gasteiger partial charge in [0, 0.05) is 0 Å². The number of benzene rings is 1. The fourth-order valence-corrected chi connectivity index (χ4v) is 2.24. The average molecular weight is 178 g/mol. The molecule has 0 N–H and O–H groups in total. The van der Waals surface area contributed by atoms with Crippen LogP contribution in [-0.2, 0) is 12.8 Å². The van der Waals surface area contributed by atoms with Crippen LogP contribution in [-0.4, -0.2) is 5.75 Å². The van der Waals surface area contributed by atoms with E-state index in [1.807, 2.05) is 0 Å². The molecule has 1 aliphatic rings. The molecule has 2 rings (SSSR count). The summed E-state index contributed by atoms with van der Waals surface area (Å²) in [6.45, 7) is 0. The Labute approximate surface area is 79.4 Å². The van der Waals surface area contributed by atoms with Crippen molar-refractivity contribution in [2.24, 2.45) is 5.92 Å². The van der Waals surface area contributed by atoms with Crippen molar-refractivity contribution in [2.45, 2.75) is 19.3 Å². The summed E-state index contributed by atoms with van der Waals surface area (Å²) < 4.78 is 0. The Hall–Kier alpha value is -0.430. The summed E-state index contributed by atoms with van der Waals surface area (Å²) in [5.74, 6) is 1.84. The summed E-state index contributed by atoms with van der Waals surface area (Å²) >= 11 is 4.36. The molecule has 1 aromatic rings. The lowest BCUT2D eigenvalue weighted by molar-refractivity contribution is 0.510. The molecule has 0 radical (unpaired) electrons. The zero-order chi connectivity index (χ0) is 8.39. The van der Waals surface area contributed by atoms with Gasteiger partial charge in [-0.25, -0.2) is 0 Å². The van der Waals surface area contributed by atoms with Crippen LogP contribution in [0.2, 0.25) is 0 Å². The van der Waals surface area contributed by atoms with Crippen LogP contribution in [0, 0.1) is 5.92 Å². The van der Waals surface area contributed by atoms with Crippen molar-refractivity contribution in [3.05, 3.63) is 35.4 Å². The summed E-state index contributed by atoms with van der Waals surface area (Å²) in [4.78, 5) is 0. The molecule has 64 valence electrons. The molecule has 0 aliphatic heterocycles. The predicted molar refractivity (Wildman–Crippen MR) is 55.8 cm³/mol. The van der Waals surface area contributed by atoms with Crippen LogP contribution in [0.5, 0.6) is 0 Å². The highest BCUT2D eigenvalue weighted by molar-refractivity contribution is 7.80. The number of fused-ring (bicyclic) bond motifs is 1. The van der Waals surface area contributed by atoms with E-state index in [1.54, 1.807) is 11.1 Å². The maximum atomic E-state index is 4.36. The van der Waals surface area contributed by atoms with Crippen LogP contribution >= 0.6 is 12.6 Å². The van der Waals surface area contributed by atoms with Gasteiger partial charge in [-0.3, -0.25) is 0 Å². The SMILES string of the molecule is SC[C@@H]1CCc2ccccc2C1. The van der Waals surface area contributed by atoms with Gasteiger partial charge in [0.25, 0.3) is 0 Å². The Morgan fingerprint density at radius 3 is 2.75 bits per heavy atom. The van der Waals surface area contributed by atoms with Gasteiger partial charge in [0.1, 0.15) is 0 Å². The summed E-state index contributed by atoms with van der Waals surface area (Å²) in [5, 5.41) is 0. The zero-order valence-corrected chi connectivity index (χ0v) is 8.06. The minimum absolute atomic E-state index is 0.809. The van der Waals surface area contributed by atoms with Crippen molar-refractivity contribution in [1.82, 2.24) is 0 Å². The van der Waals surface area contributed by atoms with Crippen LogP contribution < -0.4 is 0 Å². The molecule has 0 bridgehead atoms. The largest absolute Gasteiger partial charge is 0.179 e. The molecule has 0 heterocycles. The Balaban J connectivity index is 2.23. The monoisotopic (exact) mass is 178 g/mol. The Morgan fingerprint density at radius 1 is 1.25 bits per heavy atom. The van der Waals surface area contributed by atoms with E-state index >= 15 is 0 Å². The fourth-order valence-electron chi connectivity index (χ4n) is 1.93. The molecule has 0 saturated carbocycles. The quantitative estimate of drug-likeness (QED) is 0.628. The molecule has 12 heavy (non-hydrogen) atoms. The first-order valence-electron chi connectivity index (χ1n) is 4.58. The molecule has 0 unspecified atom stereocenters. The van der Waals surface area contributed by atoms with Crippen LogP contribution in [0.4, 0.5) is 0 Å². The minimum atomic E-state index is 0.809. The lowest BCUT2D eigenvalue weighted by Crippen LogP contribution is -2.15. The van der Waals surface area contributed by atoms with E-state index in [4.69, 9.17) is 0 Å². The first-order chi connectivity index (χ1) is 5.90. The second-order valence-electron chi connectivity index (χ2n) is 3.56. The van der Waals surface area contributed by atoms with Crippen molar-refractivity contribution in [3.8, 4) is 0 Å². The number of thiol groups is 1. The summed E-state index contributed by atoms with van der Waals surface area (Å²) in [6, 6.07) is 8.79. The molecule has 1 atom stereocenters. The Bertz CT molecular complexity index is 267.